The molecule has 0 saturated heterocycles. The van der Waals surface area contributed by atoms with Crippen LogP contribution in [0.4, 0.5) is 16.5 Å². The summed E-state index contributed by atoms with van der Waals surface area (Å²) in [5.74, 6) is 0. The second kappa shape index (κ2) is 5.11. The molecule has 3 aromatic rings. The molecule has 0 bridgehead atoms. The molecule has 0 atom stereocenters. The van der Waals surface area contributed by atoms with Gasteiger partial charge in [0.05, 0.1) is 10.2 Å². The minimum atomic E-state index is 0.770. The molecule has 0 aliphatic heterocycles. The number of thiazole rings is 1. The molecule has 19 heavy (non-hydrogen) atoms. The average Bonchev–Trinajstić information content (AvgIpc) is 2.81. The van der Waals surface area contributed by atoms with E-state index in [2.05, 4.69) is 40.8 Å². The third kappa shape index (κ3) is 2.67. The number of nitrogens with zero attached hydrogens (tertiary/aromatic N) is 1. The van der Waals surface area contributed by atoms with E-state index in [0.29, 0.717) is 0 Å². The van der Waals surface area contributed by atoms with Crippen LogP contribution in [0.5, 0.6) is 0 Å². The first-order valence-corrected chi connectivity index (χ1v) is 7.86. The van der Waals surface area contributed by atoms with Crippen molar-refractivity contribution in [3.05, 3.63) is 42.5 Å². The topological polar surface area (TPSA) is 50.9 Å². The van der Waals surface area contributed by atoms with E-state index in [1.54, 1.807) is 23.1 Å². The van der Waals surface area contributed by atoms with Gasteiger partial charge in [0.15, 0.2) is 5.13 Å². The quantitative estimate of drug-likeness (QED) is 0.555. The lowest BCUT2D eigenvalue weighted by atomic mass is 10.3. The molecule has 0 aliphatic rings. The van der Waals surface area contributed by atoms with Gasteiger partial charge < -0.3 is 11.1 Å². The molecular formula is C14H13N3S2. The van der Waals surface area contributed by atoms with Crippen molar-refractivity contribution in [1.29, 1.82) is 0 Å². The molecule has 0 spiro atoms. The highest BCUT2D eigenvalue weighted by Crippen LogP contribution is 2.30. The third-order valence-corrected chi connectivity index (χ3v) is 4.43. The molecule has 3 rings (SSSR count). The molecular weight excluding hydrogens is 274 g/mol. The summed E-state index contributed by atoms with van der Waals surface area (Å²) in [7, 11) is 0. The Morgan fingerprint density at radius 2 is 1.95 bits per heavy atom. The van der Waals surface area contributed by atoms with E-state index in [9.17, 15) is 0 Å². The minimum absolute atomic E-state index is 0.770. The average molecular weight is 287 g/mol. The molecule has 1 aromatic heterocycles. The number of hydrogen-bond acceptors (Lipinski definition) is 5. The number of benzene rings is 2. The van der Waals surface area contributed by atoms with Crippen molar-refractivity contribution in [3.63, 3.8) is 0 Å². The number of fused-ring (bicyclic) bond motifs is 1. The standard InChI is InChI=1S/C14H13N3S2/c1-18-11-5-3-10(4-6-11)16-14-17-12-7-2-9(15)8-13(12)19-14/h2-8H,15H2,1H3,(H,16,17). The van der Waals surface area contributed by atoms with Crippen LogP contribution in [0.25, 0.3) is 10.2 Å². The molecule has 5 heteroatoms. The van der Waals surface area contributed by atoms with Crippen LogP contribution in [0.3, 0.4) is 0 Å². The molecule has 0 saturated carbocycles. The maximum Gasteiger partial charge on any atom is 0.188 e. The second-order valence-electron chi connectivity index (χ2n) is 4.10. The molecule has 96 valence electrons. The molecule has 0 amide bonds. The van der Waals surface area contributed by atoms with Crippen LogP contribution in [0.1, 0.15) is 0 Å². The summed E-state index contributed by atoms with van der Waals surface area (Å²) in [6, 6.07) is 14.1. The van der Waals surface area contributed by atoms with Gasteiger partial charge in [0.2, 0.25) is 0 Å². The van der Waals surface area contributed by atoms with Crippen LogP contribution >= 0.6 is 23.1 Å². The van der Waals surface area contributed by atoms with Crippen LogP contribution in [0.2, 0.25) is 0 Å². The molecule has 3 nitrogen and oxygen atoms in total. The summed E-state index contributed by atoms with van der Waals surface area (Å²) in [5, 5.41) is 4.21. The number of nitrogen functional groups attached to an aromatic ring is 1. The Hall–Kier alpha value is -1.72. The molecule has 0 unspecified atom stereocenters. The normalized spacial score (nSPS) is 10.8. The van der Waals surface area contributed by atoms with Crippen molar-refractivity contribution in [1.82, 2.24) is 4.98 Å². The number of aromatic nitrogens is 1. The van der Waals surface area contributed by atoms with E-state index in [1.165, 1.54) is 4.90 Å². The first-order chi connectivity index (χ1) is 9.24. The largest absolute Gasteiger partial charge is 0.399 e. The van der Waals surface area contributed by atoms with Gasteiger partial charge in [0, 0.05) is 16.3 Å². The lowest BCUT2D eigenvalue weighted by Gasteiger charge is -2.02. The van der Waals surface area contributed by atoms with Gasteiger partial charge in [-0.1, -0.05) is 11.3 Å². The zero-order chi connectivity index (χ0) is 13.2. The minimum Gasteiger partial charge on any atom is -0.399 e. The summed E-state index contributed by atoms with van der Waals surface area (Å²) in [6.07, 6.45) is 2.07. The van der Waals surface area contributed by atoms with E-state index >= 15 is 0 Å². The number of nitrogens with one attached hydrogen (secondary N) is 1. The Balaban J connectivity index is 1.87. The number of nitrogens with two attached hydrogens (primary N) is 1. The predicted molar refractivity (Wildman–Crippen MR) is 85.5 cm³/mol. The summed E-state index contributed by atoms with van der Waals surface area (Å²) >= 11 is 3.34. The fourth-order valence-electron chi connectivity index (χ4n) is 1.79. The number of rotatable bonds is 3. The Labute approximate surface area is 119 Å². The molecule has 1 heterocycles. The lowest BCUT2D eigenvalue weighted by Crippen LogP contribution is -1.88. The van der Waals surface area contributed by atoms with E-state index in [1.807, 2.05) is 18.2 Å². The van der Waals surface area contributed by atoms with Gasteiger partial charge >= 0.3 is 0 Å². The maximum atomic E-state index is 5.77. The second-order valence-corrected chi connectivity index (χ2v) is 6.01. The Kier molecular flexibility index (Phi) is 3.31. The number of thioether (sulfide) groups is 1. The highest BCUT2D eigenvalue weighted by Gasteiger charge is 2.04. The van der Waals surface area contributed by atoms with Crippen LogP contribution in [0, 0.1) is 0 Å². The van der Waals surface area contributed by atoms with Crippen molar-refractivity contribution in [3.8, 4) is 0 Å². The zero-order valence-corrected chi connectivity index (χ0v) is 12.0. The summed E-state index contributed by atoms with van der Waals surface area (Å²) < 4.78 is 1.10. The molecule has 2 aromatic carbocycles. The fraction of sp³-hybridized carbons (Fsp3) is 0.0714. The number of hydrogen-bond donors (Lipinski definition) is 2. The van der Waals surface area contributed by atoms with Crippen LogP contribution in [-0.2, 0) is 0 Å². The van der Waals surface area contributed by atoms with Crippen molar-refractivity contribution >= 4 is 49.8 Å². The van der Waals surface area contributed by atoms with Gasteiger partial charge in [0.25, 0.3) is 0 Å². The van der Waals surface area contributed by atoms with Crippen LogP contribution < -0.4 is 11.1 Å². The van der Waals surface area contributed by atoms with Crippen LogP contribution in [0.15, 0.2) is 47.4 Å². The maximum absolute atomic E-state index is 5.77. The zero-order valence-electron chi connectivity index (χ0n) is 10.4. The van der Waals surface area contributed by atoms with Gasteiger partial charge in [0.1, 0.15) is 0 Å². The first-order valence-electron chi connectivity index (χ1n) is 5.82. The van der Waals surface area contributed by atoms with Gasteiger partial charge in [-0.3, -0.25) is 0 Å². The van der Waals surface area contributed by atoms with Gasteiger partial charge in [-0.15, -0.1) is 11.8 Å². The molecule has 3 N–H and O–H groups in total. The Morgan fingerprint density at radius 3 is 2.68 bits per heavy atom. The van der Waals surface area contributed by atoms with Crippen molar-refractivity contribution in [2.75, 3.05) is 17.3 Å². The summed E-state index contributed by atoms with van der Waals surface area (Å²) in [6.45, 7) is 0. The SMILES string of the molecule is CSc1ccc(Nc2nc3ccc(N)cc3s2)cc1. The molecule has 0 radical (unpaired) electrons. The lowest BCUT2D eigenvalue weighted by molar-refractivity contribution is 1.41. The summed E-state index contributed by atoms with van der Waals surface area (Å²) in [4.78, 5) is 5.79. The predicted octanol–water partition coefficient (Wildman–Crippen LogP) is 4.34. The van der Waals surface area contributed by atoms with E-state index in [0.717, 1.165) is 26.7 Å². The Bertz CT molecular complexity index is 704. The van der Waals surface area contributed by atoms with Crippen LogP contribution in [-0.4, -0.2) is 11.2 Å². The molecule has 0 fully saturated rings. The van der Waals surface area contributed by atoms with Crippen molar-refractivity contribution in [2.24, 2.45) is 0 Å². The highest BCUT2D eigenvalue weighted by atomic mass is 32.2. The van der Waals surface area contributed by atoms with Crippen molar-refractivity contribution < 1.29 is 0 Å². The highest BCUT2D eigenvalue weighted by molar-refractivity contribution is 7.98. The number of anilines is 3. The summed E-state index contributed by atoms with van der Waals surface area (Å²) in [5.41, 5.74) is 8.56. The van der Waals surface area contributed by atoms with E-state index < -0.39 is 0 Å². The monoisotopic (exact) mass is 287 g/mol. The molecule has 0 aliphatic carbocycles. The fourth-order valence-corrected chi connectivity index (χ4v) is 3.14. The van der Waals surface area contributed by atoms with Crippen molar-refractivity contribution in [2.45, 2.75) is 4.90 Å². The van der Waals surface area contributed by atoms with Gasteiger partial charge in [-0.2, -0.15) is 0 Å². The van der Waals surface area contributed by atoms with Gasteiger partial charge in [-0.25, -0.2) is 4.98 Å². The Morgan fingerprint density at radius 1 is 1.16 bits per heavy atom. The van der Waals surface area contributed by atoms with Gasteiger partial charge in [-0.05, 0) is 48.7 Å². The smallest absolute Gasteiger partial charge is 0.188 e. The first kappa shape index (κ1) is 12.3. The third-order valence-electron chi connectivity index (χ3n) is 2.75. The van der Waals surface area contributed by atoms with E-state index in [-0.39, 0.29) is 0 Å². The van der Waals surface area contributed by atoms with E-state index in [4.69, 9.17) is 5.73 Å².